The van der Waals surface area contributed by atoms with Gasteiger partial charge in [-0.15, -0.1) is 0 Å². The van der Waals surface area contributed by atoms with E-state index in [4.69, 9.17) is 9.47 Å². The Labute approximate surface area is 159 Å². The topological polar surface area (TPSA) is 46.6 Å². The molecule has 2 aliphatic rings. The molecule has 1 saturated heterocycles. The molecule has 0 radical (unpaired) electrons. The minimum absolute atomic E-state index is 0.0974. The molecule has 0 spiro atoms. The minimum atomic E-state index is -0.0974. The van der Waals surface area contributed by atoms with Crippen LogP contribution in [-0.2, 0) is 6.54 Å². The molecule has 138 valence electrons. The van der Waals surface area contributed by atoms with Crippen molar-refractivity contribution in [1.82, 2.24) is 14.6 Å². The van der Waals surface area contributed by atoms with Crippen molar-refractivity contribution < 1.29 is 9.47 Å². The standard InChI is InChI=1S/C20H25N3O2S/c1-26-22-17-8-11-23(12-9-17)13-15-4-6-16(7-5-15)19-14-24-18-3-2-10-21-20(18)25-19/h2-7,10,17,19,22H,8-9,11-14H2,1H3/t19-/m1/s1. The van der Waals surface area contributed by atoms with E-state index in [9.17, 15) is 0 Å². The van der Waals surface area contributed by atoms with Gasteiger partial charge in [-0.2, -0.15) is 0 Å². The first-order chi connectivity index (χ1) is 12.8. The molecule has 2 aromatic rings. The monoisotopic (exact) mass is 371 g/mol. The molecule has 5 nitrogen and oxygen atoms in total. The van der Waals surface area contributed by atoms with Gasteiger partial charge in [-0.1, -0.05) is 36.2 Å². The Balaban J connectivity index is 1.33. The highest BCUT2D eigenvalue weighted by Gasteiger charge is 2.23. The number of ether oxygens (including phenoxy) is 2. The number of aromatic nitrogens is 1. The third-order valence-corrected chi connectivity index (χ3v) is 5.58. The lowest BCUT2D eigenvalue weighted by atomic mass is 10.0. The average Bonchev–Trinajstić information content (AvgIpc) is 2.70. The number of pyridine rings is 1. The van der Waals surface area contributed by atoms with Crippen molar-refractivity contribution in [2.45, 2.75) is 31.5 Å². The van der Waals surface area contributed by atoms with Gasteiger partial charge in [-0.25, -0.2) is 4.98 Å². The second-order valence-electron chi connectivity index (χ2n) is 6.84. The summed E-state index contributed by atoms with van der Waals surface area (Å²) < 4.78 is 15.2. The van der Waals surface area contributed by atoms with E-state index in [0.29, 0.717) is 18.5 Å². The van der Waals surface area contributed by atoms with E-state index in [0.717, 1.165) is 30.9 Å². The van der Waals surface area contributed by atoms with Crippen LogP contribution >= 0.6 is 11.9 Å². The second kappa shape index (κ2) is 8.29. The molecule has 26 heavy (non-hydrogen) atoms. The highest BCUT2D eigenvalue weighted by atomic mass is 32.2. The minimum Gasteiger partial charge on any atom is -0.484 e. The van der Waals surface area contributed by atoms with E-state index in [2.05, 4.69) is 45.1 Å². The number of nitrogens with one attached hydrogen (secondary N) is 1. The van der Waals surface area contributed by atoms with Crippen molar-refractivity contribution in [3.8, 4) is 11.6 Å². The third kappa shape index (κ3) is 4.14. The Morgan fingerprint density at radius 2 is 2.00 bits per heavy atom. The summed E-state index contributed by atoms with van der Waals surface area (Å²) in [5.41, 5.74) is 2.48. The van der Waals surface area contributed by atoms with Crippen molar-refractivity contribution in [3.05, 3.63) is 53.7 Å². The van der Waals surface area contributed by atoms with Crippen LogP contribution in [0.25, 0.3) is 0 Å². The smallest absolute Gasteiger partial charge is 0.257 e. The van der Waals surface area contributed by atoms with Gasteiger partial charge in [0.25, 0.3) is 5.88 Å². The normalized spacial score (nSPS) is 20.9. The molecule has 1 fully saturated rings. The lowest BCUT2D eigenvalue weighted by Gasteiger charge is -2.32. The first-order valence-corrected chi connectivity index (χ1v) is 10.4. The quantitative estimate of drug-likeness (QED) is 0.813. The maximum Gasteiger partial charge on any atom is 0.257 e. The maximum atomic E-state index is 5.99. The second-order valence-corrected chi connectivity index (χ2v) is 7.48. The van der Waals surface area contributed by atoms with E-state index < -0.39 is 0 Å². The molecule has 0 saturated carbocycles. The molecule has 0 amide bonds. The zero-order valence-electron chi connectivity index (χ0n) is 15.1. The highest BCUT2D eigenvalue weighted by Crippen LogP contribution is 2.34. The lowest BCUT2D eigenvalue weighted by molar-refractivity contribution is 0.0850. The fourth-order valence-corrected chi connectivity index (χ4v) is 4.11. The summed E-state index contributed by atoms with van der Waals surface area (Å²) in [6.07, 6.45) is 6.17. The van der Waals surface area contributed by atoms with Crippen LogP contribution in [0.5, 0.6) is 11.6 Å². The maximum absolute atomic E-state index is 5.99. The summed E-state index contributed by atoms with van der Waals surface area (Å²) in [7, 11) is 0. The molecule has 6 heteroatoms. The van der Waals surface area contributed by atoms with Gasteiger partial charge in [-0.05, 0) is 55.4 Å². The molecule has 1 aromatic carbocycles. The van der Waals surface area contributed by atoms with Gasteiger partial charge in [0.1, 0.15) is 6.61 Å². The first kappa shape index (κ1) is 17.6. The molecule has 0 aliphatic carbocycles. The van der Waals surface area contributed by atoms with Gasteiger partial charge in [0.2, 0.25) is 0 Å². The van der Waals surface area contributed by atoms with Gasteiger partial charge in [0.05, 0.1) is 0 Å². The molecule has 0 unspecified atom stereocenters. The van der Waals surface area contributed by atoms with Crippen LogP contribution in [-0.4, -0.2) is 41.9 Å². The van der Waals surface area contributed by atoms with Crippen LogP contribution in [0.4, 0.5) is 0 Å². The van der Waals surface area contributed by atoms with Crippen molar-refractivity contribution in [2.24, 2.45) is 0 Å². The summed E-state index contributed by atoms with van der Waals surface area (Å²) in [6.45, 7) is 3.84. The molecule has 0 bridgehead atoms. The Bertz CT molecular complexity index is 717. The van der Waals surface area contributed by atoms with Gasteiger partial charge in [0, 0.05) is 18.8 Å². The summed E-state index contributed by atoms with van der Waals surface area (Å²) in [6, 6.07) is 13.1. The molecule has 3 heterocycles. The number of hydrogen-bond acceptors (Lipinski definition) is 6. The number of hydrogen-bond donors (Lipinski definition) is 1. The highest BCUT2D eigenvalue weighted by molar-refractivity contribution is 7.96. The SMILES string of the molecule is CSNC1CCN(Cc2ccc([C@H]3COc4cccnc4O3)cc2)CC1. The lowest BCUT2D eigenvalue weighted by Crippen LogP contribution is -2.39. The Morgan fingerprint density at radius 3 is 2.77 bits per heavy atom. The van der Waals surface area contributed by atoms with E-state index >= 15 is 0 Å². The molecule has 4 rings (SSSR count). The van der Waals surface area contributed by atoms with Crippen molar-refractivity contribution >= 4 is 11.9 Å². The van der Waals surface area contributed by atoms with Gasteiger partial charge in [0.15, 0.2) is 11.9 Å². The summed E-state index contributed by atoms with van der Waals surface area (Å²) in [5, 5.41) is 0. The predicted octanol–water partition coefficient (Wildman–Crippen LogP) is 3.43. The number of rotatable bonds is 5. The van der Waals surface area contributed by atoms with Gasteiger partial charge >= 0.3 is 0 Å². The number of benzene rings is 1. The van der Waals surface area contributed by atoms with E-state index in [-0.39, 0.29) is 6.10 Å². The Hall–Kier alpha value is -1.76. The fraction of sp³-hybridized carbons (Fsp3) is 0.450. The Morgan fingerprint density at radius 1 is 1.19 bits per heavy atom. The molecule has 1 aromatic heterocycles. The van der Waals surface area contributed by atoms with Crippen LogP contribution in [0, 0.1) is 0 Å². The van der Waals surface area contributed by atoms with Crippen molar-refractivity contribution in [1.29, 1.82) is 0 Å². The summed E-state index contributed by atoms with van der Waals surface area (Å²) >= 11 is 1.73. The van der Waals surface area contributed by atoms with Crippen LogP contribution in [0.3, 0.4) is 0 Å². The number of likely N-dealkylation sites (tertiary alicyclic amines) is 1. The molecule has 1 N–H and O–H groups in total. The van der Waals surface area contributed by atoms with E-state index in [1.54, 1.807) is 18.1 Å². The van der Waals surface area contributed by atoms with Crippen molar-refractivity contribution in [2.75, 3.05) is 26.0 Å². The van der Waals surface area contributed by atoms with Crippen LogP contribution in [0.1, 0.15) is 30.1 Å². The molecular weight excluding hydrogens is 346 g/mol. The first-order valence-electron chi connectivity index (χ1n) is 9.16. The Kier molecular flexibility index (Phi) is 5.62. The molecule has 2 aliphatic heterocycles. The number of nitrogens with zero attached hydrogens (tertiary/aromatic N) is 2. The molecule has 1 atom stereocenters. The summed E-state index contributed by atoms with van der Waals surface area (Å²) in [4.78, 5) is 6.78. The zero-order chi connectivity index (χ0) is 17.8. The van der Waals surface area contributed by atoms with Crippen LogP contribution in [0.2, 0.25) is 0 Å². The van der Waals surface area contributed by atoms with Crippen molar-refractivity contribution in [3.63, 3.8) is 0 Å². The van der Waals surface area contributed by atoms with Gasteiger partial charge < -0.3 is 9.47 Å². The fourth-order valence-electron chi connectivity index (χ4n) is 3.54. The van der Waals surface area contributed by atoms with Crippen LogP contribution in [0.15, 0.2) is 42.6 Å². The average molecular weight is 372 g/mol. The summed E-state index contributed by atoms with van der Waals surface area (Å²) in [5.74, 6) is 1.30. The van der Waals surface area contributed by atoms with E-state index in [1.807, 2.05) is 12.1 Å². The largest absolute Gasteiger partial charge is 0.484 e. The molecular formula is C20H25N3O2S. The zero-order valence-corrected chi connectivity index (χ0v) is 15.9. The predicted molar refractivity (Wildman–Crippen MR) is 104 cm³/mol. The van der Waals surface area contributed by atoms with E-state index in [1.165, 1.54) is 18.4 Å². The van der Waals surface area contributed by atoms with Gasteiger partial charge in [-0.3, -0.25) is 9.62 Å². The van der Waals surface area contributed by atoms with Crippen LogP contribution < -0.4 is 14.2 Å². The third-order valence-electron chi connectivity index (χ3n) is 5.01. The number of fused-ring (bicyclic) bond motifs is 1. The number of piperidine rings is 1.